The summed E-state index contributed by atoms with van der Waals surface area (Å²) in [5.74, 6) is 0.752. The van der Waals surface area contributed by atoms with E-state index >= 15 is 0 Å². The zero-order chi connectivity index (χ0) is 24.1. The number of anilines is 3. The Morgan fingerprint density at radius 1 is 1.06 bits per heavy atom. The Balaban J connectivity index is 1.38. The van der Waals surface area contributed by atoms with Gasteiger partial charge in [-0.3, -0.25) is 4.79 Å². The van der Waals surface area contributed by atoms with Crippen molar-refractivity contribution in [2.75, 3.05) is 22.4 Å². The number of nitrogens with one attached hydrogen (secondary N) is 2. The quantitative estimate of drug-likeness (QED) is 0.287. The summed E-state index contributed by atoms with van der Waals surface area (Å²) in [4.78, 5) is 21.7. The lowest BCUT2D eigenvalue weighted by Crippen LogP contribution is -2.32. The van der Waals surface area contributed by atoms with E-state index in [4.69, 9.17) is 10.3 Å². The van der Waals surface area contributed by atoms with Crippen LogP contribution in [-0.2, 0) is 4.79 Å². The van der Waals surface area contributed by atoms with Gasteiger partial charge in [-0.15, -0.1) is 0 Å². The van der Waals surface area contributed by atoms with Crippen LogP contribution >= 0.6 is 11.9 Å². The van der Waals surface area contributed by atoms with Crippen molar-refractivity contribution >= 4 is 35.0 Å². The first-order valence-corrected chi connectivity index (χ1v) is 11.2. The highest BCUT2D eigenvalue weighted by Gasteiger charge is 2.27. The predicted molar refractivity (Wildman–Crippen MR) is 132 cm³/mol. The maximum atomic E-state index is 13.0. The third kappa shape index (κ3) is 5.52. The van der Waals surface area contributed by atoms with Crippen molar-refractivity contribution in [1.29, 1.82) is 0 Å². The van der Waals surface area contributed by atoms with Gasteiger partial charge in [0.1, 0.15) is 18.2 Å². The summed E-state index contributed by atoms with van der Waals surface area (Å²) in [6, 6.07) is 20.1. The molecule has 0 aliphatic heterocycles. The molecule has 8 nitrogen and oxygen atoms in total. The standard InChI is InChI=1S/C24H23FN6O2S/c1-24(2,14-25)23(32)27-16-5-3-6-17(13-16)31-34-18-11-9-15(10-12-18)21-29-22(33-30-21)19-7-4-8-20(26)28-19/h3-13,31H,14H2,1-2H3,(H2,26,28)(H,27,32). The van der Waals surface area contributed by atoms with Crippen molar-refractivity contribution in [1.82, 2.24) is 15.1 Å². The van der Waals surface area contributed by atoms with Crippen LogP contribution < -0.4 is 15.8 Å². The summed E-state index contributed by atoms with van der Waals surface area (Å²) in [6.45, 7) is 2.40. The number of hydrogen-bond acceptors (Lipinski definition) is 8. The number of aromatic nitrogens is 3. The molecule has 10 heteroatoms. The fourth-order valence-electron chi connectivity index (χ4n) is 2.83. The van der Waals surface area contributed by atoms with Gasteiger partial charge < -0.3 is 20.3 Å². The molecule has 0 bridgehead atoms. The van der Waals surface area contributed by atoms with Gasteiger partial charge in [0.25, 0.3) is 5.89 Å². The number of rotatable bonds is 8. The maximum absolute atomic E-state index is 13.0. The number of carbonyl (C=O) groups excluding carboxylic acids is 1. The fourth-order valence-corrected chi connectivity index (χ4v) is 3.46. The third-order valence-electron chi connectivity index (χ3n) is 4.88. The molecule has 4 aromatic rings. The van der Waals surface area contributed by atoms with Crippen LogP contribution in [0.3, 0.4) is 0 Å². The minimum absolute atomic E-state index is 0.296. The van der Waals surface area contributed by atoms with Crippen molar-refractivity contribution in [3.8, 4) is 23.0 Å². The van der Waals surface area contributed by atoms with Gasteiger partial charge in [-0.2, -0.15) is 4.98 Å². The highest BCUT2D eigenvalue weighted by Crippen LogP contribution is 2.27. The van der Waals surface area contributed by atoms with E-state index in [0.29, 0.717) is 28.9 Å². The molecule has 34 heavy (non-hydrogen) atoms. The Morgan fingerprint density at radius 3 is 2.53 bits per heavy atom. The highest BCUT2D eigenvalue weighted by atomic mass is 32.2. The minimum atomic E-state index is -1.08. The number of nitrogens with zero attached hydrogens (tertiary/aromatic N) is 3. The molecule has 0 saturated carbocycles. The van der Waals surface area contributed by atoms with Gasteiger partial charge in [0.05, 0.1) is 5.41 Å². The first-order valence-electron chi connectivity index (χ1n) is 10.4. The molecule has 1 amide bonds. The summed E-state index contributed by atoms with van der Waals surface area (Å²) in [7, 11) is 0. The summed E-state index contributed by atoms with van der Waals surface area (Å²) >= 11 is 1.41. The number of nitrogen functional groups attached to an aromatic ring is 1. The zero-order valence-electron chi connectivity index (χ0n) is 18.6. The first kappa shape index (κ1) is 23.2. The number of alkyl halides is 1. The molecule has 4 rings (SSSR count). The molecular weight excluding hydrogens is 455 g/mol. The number of carbonyl (C=O) groups is 1. The lowest BCUT2D eigenvalue weighted by Gasteiger charge is -2.19. The van der Waals surface area contributed by atoms with Gasteiger partial charge in [0, 0.05) is 21.8 Å². The van der Waals surface area contributed by atoms with Crippen LogP contribution in [0, 0.1) is 5.41 Å². The van der Waals surface area contributed by atoms with Crippen LogP contribution in [0.1, 0.15) is 13.8 Å². The molecule has 0 saturated heterocycles. The Kier molecular flexibility index (Phi) is 6.78. The van der Waals surface area contributed by atoms with Gasteiger partial charge in [0.2, 0.25) is 11.7 Å². The van der Waals surface area contributed by atoms with Crippen molar-refractivity contribution < 1.29 is 13.7 Å². The largest absolute Gasteiger partial charge is 0.384 e. The smallest absolute Gasteiger partial charge is 0.276 e. The molecule has 0 fully saturated rings. The second-order valence-electron chi connectivity index (χ2n) is 8.15. The molecule has 0 radical (unpaired) electrons. The van der Waals surface area contributed by atoms with Crippen LogP contribution in [-0.4, -0.2) is 27.7 Å². The van der Waals surface area contributed by atoms with Gasteiger partial charge in [-0.05, 0) is 80.4 Å². The average Bonchev–Trinajstić information content (AvgIpc) is 3.34. The zero-order valence-corrected chi connectivity index (χ0v) is 19.4. The van der Waals surface area contributed by atoms with Gasteiger partial charge >= 0.3 is 0 Å². The van der Waals surface area contributed by atoms with Crippen LogP contribution in [0.2, 0.25) is 0 Å². The van der Waals surface area contributed by atoms with Crippen LogP contribution in [0.15, 0.2) is 76.1 Å². The number of hydrogen-bond donors (Lipinski definition) is 3. The summed E-state index contributed by atoms with van der Waals surface area (Å²) < 4.78 is 21.6. The van der Waals surface area contributed by atoms with Crippen molar-refractivity contribution in [2.24, 2.45) is 5.41 Å². The molecule has 2 aromatic carbocycles. The van der Waals surface area contributed by atoms with E-state index in [1.54, 1.807) is 44.2 Å². The lowest BCUT2D eigenvalue weighted by molar-refractivity contribution is -0.124. The topological polar surface area (TPSA) is 119 Å². The Labute approximate surface area is 200 Å². The fraction of sp³-hybridized carbons (Fsp3) is 0.167. The van der Waals surface area contributed by atoms with Crippen molar-refractivity contribution in [3.05, 3.63) is 66.7 Å². The number of halogens is 1. The van der Waals surface area contributed by atoms with Gasteiger partial charge in [-0.1, -0.05) is 17.3 Å². The summed E-state index contributed by atoms with van der Waals surface area (Å²) in [6.07, 6.45) is 0. The summed E-state index contributed by atoms with van der Waals surface area (Å²) in [5.41, 5.74) is 7.33. The van der Waals surface area contributed by atoms with E-state index in [0.717, 1.165) is 16.1 Å². The number of benzene rings is 2. The molecular formula is C24H23FN6O2S. The third-order valence-corrected chi connectivity index (χ3v) is 5.73. The van der Waals surface area contributed by atoms with E-state index in [1.165, 1.54) is 11.9 Å². The predicted octanol–water partition coefficient (Wildman–Crippen LogP) is 5.43. The van der Waals surface area contributed by atoms with E-state index in [9.17, 15) is 9.18 Å². The monoisotopic (exact) mass is 478 g/mol. The van der Waals surface area contributed by atoms with Gasteiger partial charge in [-0.25, -0.2) is 9.37 Å². The molecule has 2 heterocycles. The molecule has 0 aliphatic rings. The van der Waals surface area contributed by atoms with Crippen molar-refractivity contribution in [3.63, 3.8) is 0 Å². The average molecular weight is 479 g/mol. The van der Waals surface area contributed by atoms with Crippen molar-refractivity contribution in [2.45, 2.75) is 18.7 Å². The van der Waals surface area contributed by atoms with Crippen LogP contribution in [0.4, 0.5) is 21.6 Å². The number of nitrogens with two attached hydrogens (primary N) is 1. The van der Waals surface area contributed by atoms with E-state index in [2.05, 4.69) is 25.2 Å². The SMILES string of the molecule is CC(C)(CF)C(=O)Nc1cccc(NSc2ccc(-c3noc(-c4cccc(N)n4)n3)cc2)c1. The van der Waals surface area contributed by atoms with Gasteiger partial charge in [0.15, 0.2) is 0 Å². The molecule has 0 spiro atoms. The Hall–Kier alpha value is -3.92. The van der Waals surface area contributed by atoms with E-state index in [-0.39, 0.29) is 5.91 Å². The normalized spacial score (nSPS) is 11.3. The second-order valence-corrected chi connectivity index (χ2v) is 9.03. The molecule has 2 aromatic heterocycles. The lowest BCUT2D eigenvalue weighted by atomic mass is 9.94. The molecule has 0 atom stereocenters. The molecule has 0 unspecified atom stereocenters. The maximum Gasteiger partial charge on any atom is 0.276 e. The molecule has 0 aliphatic carbocycles. The Morgan fingerprint density at radius 2 is 1.79 bits per heavy atom. The second kappa shape index (κ2) is 9.92. The molecule has 174 valence electrons. The summed E-state index contributed by atoms with van der Waals surface area (Å²) in [5, 5.41) is 6.78. The van der Waals surface area contributed by atoms with E-state index in [1.807, 2.05) is 36.4 Å². The Bertz CT molecular complexity index is 1290. The van der Waals surface area contributed by atoms with Crippen LogP contribution in [0.25, 0.3) is 23.0 Å². The minimum Gasteiger partial charge on any atom is -0.384 e. The van der Waals surface area contributed by atoms with Crippen LogP contribution in [0.5, 0.6) is 0 Å². The molecule has 4 N–H and O–H groups in total. The number of amides is 1. The van der Waals surface area contributed by atoms with E-state index < -0.39 is 12.1 Å². The number of pyridine rings is 1. The highest BCUT2D eigenvalue weighted by molar-refractivity contribution is 8.00. The first-order chi connectivity index (χ1) is 16.3.